The third-order valence-electron chi connectivity index (χ3n) is 3.87. The lowest BCUT2D eigenvalue weighted by atomic mass is 9.85. The van der Waals surface area contributed by atoms with E-state index in [9.17, 15) is 13.2 Å². The number of hydrogen-bond acceptors (Lipinski definition) is 2. The molecule has 1 fully saturated rings. The minimum Gasteiger partial charge on any atom is -0.468 e. The average Bonchev–Trinajstić information content (AvgIpc) is 2.89. The van der Waals surface area contributed by atoms with Gasteiger partial charge in [0.05, 0.1) is 18.2 Å². The van der Waals surface area contributed by atoms with Gasteiger partial charge in [0.1, 0.15) is 5.76 Å². The Morgan fingerprint density at radius 2 is 2.21 bits per heavy atom. The van der Waals surface area contributed by atoms with Gasteiger partial charge in [-0.25, -0.2) is 0 Å². The number of alkyl halides is 3. The van der Waals surface area contributed by atoms with Crippen LogP contribution in [0.5, 0.6) is 0 Å². The first-order valence-corrected chi connectivity index (χ1v) is 6.87. The van der Waals surface area contributed by atoms with Gasteiger partial charge in [-0.2, -0.15) is 13.2 Å². The molecule has 0 bridgehead atoms. The largest absolute Gasteiger partial charge is 0.468 e. The van der Waals surface area contributed by atoms with Gasteiger partial charge < -0.3 is 9.73 Å². The van der Waals surface area contributed by atoms with Crippen molar-refractivity contribution in [2.45, 2.75) is 57.3 Å². The maximum atomic E-state index is 12.8. The smallest absolute Gasteiger partial charge is 0.391 e. The Kier molecular flexibility index (Phi) is 4.55. The van der Waals surface area contributed by atoms with Crippen LogP contribution < -0.4 is 5.32 Å². The molecule has 19 heavy (non-hydrogen) atoms. The van der Waals surface area contributed by atoms with E-state index in [1.54, 1.807) is 12.3 Å². The second kappa shape index (κ2) is 5.99. The highest BCUT2D eigenvalue weighted by Gasteiger charge is 2.42. The fourth-order valence-corrected chi connectivity index (χ4v) is 2.81. The standard InChI is InChI=1S/C14H20F3NO/c1-2-12(13-7-4-8-19-13)18-11-6-3-5-10(9-11)14(15,16)17/h4,7-8,10-12,18H,2-3,5-6,9H2,1H3. The number of nitrogens with one attached hydrogen (secondary N) is 1. The summed E-state index contributed by atoms with van der Waals surface area (Å²) in [4.78, 5) is 0. The van der Waals surface area contributed by atoms with Gasteiger partial charge >= 0.3 is 6.18 Å². The molecule has 1 aromatic rings. The molecular weight excluding hydrogens is 255 g/mol. The van der Waals surface area contributed by atoms with Crippen LogP contribution in [0.25, 0.3) is 0 Å². The summed E-state index contributed by atoms with van der Waals surface area (Å²) in [5.41, 5.74) is 0. The van der Waals surface area contributed by atoms with E-state index >= 15 is 0 Å². The molecular formula is C14H20F3NO. The maximum Gasteiger partial charge on any atom is 0.391 e. The van der Waals surface area contributed by atoms with E-state index in [-0.39, 0.29) is 24.9 Å². The van der Waals surface area contributed by atoms with Crippen molar-refractivity contribution in [2.75, 3.05) is 0 Å². The zero-order valence-electron chi connectivity index (χ0n) is 11.0. The van der Waals surface area contributed by atoms with Gasteiger partial charge in [0.2, 0.25) is 0 Å². The lowest BCUT2D eigenvalue weighted by molar-refractivity contribution is -0.183. The zero-order valence-corrected chi connectivity index (χ0v) is 11.0. The molecule has 3 atom stereocenters. The Morgan fingerprint density at radius 1 is 1.42 bits per heavy atom. The summed E-state index contributed by atoms with van der Waals surface area (Å²) in [5, 5.41) is 3.32. The van der Waals surface area contributed by atoms with Crippen molar-refractivity contribution in [3.63, 3.8) is 0 Å². The summed E-state index contributed by atoms with van der Waals surface area (Å²) in [6.07, 6.45) is 0.229. The number of halogens is 3. The highest BCUT2D eigenvalue weighted by atomic mass is 19.4. The molecule has 0 saturated heterocycles. The molecule has 0 spiro atoms. The second-order valence-electron chi connectivity index (χ2n) is 5.24. The van der Waals surface area contributed by atoms with Crippen LogP contribution in [0.15, 0.2) is 22.8 Å². The van der Waals surface area contributed by atoms with Gasteiger partial charge in [0, 0.05) is 6.04 Å². The van der Waals surface area contributed by atoms with Gasteiger partial charge in [-0.15, -0.1) is 0 Å². The molecule has 3 unspecified atom stereocenters. The van der Waals surface area contributed by atoms with Gasteiger partial charge in [-0.3, -0.25) is 0 Å². The predicted molar refractivity (Wildman–Crippen MR) is 66.7 cm³/mol. The van der Waals surface area contributed by atoms with Crippen molar-refractivity contribution in [3.8, 4) is 0 Å². The summed E-state index contributed by atoms with van der Waals surface area (Å²) < 4.78 is 43.6. The van der Waals surface area contributed by atoms with Crippen LogP contribution >= 0.6 is 0 Å². The fourth-order valence-electron chi connectivity index (χ4n) is 2.81. The fraction of sp³-hybridized carbons (Fsp3) is 0.714. The quantitative estimate of drug-likeness (QED) is 0.878. The summed E-state index contributed by atoms with van der Waals surface area (Å²) in [6.45, 7) is 2.00. The van der Waals surface area contributed by atoms with Crippen LogP contribution in [0.2, 0.25) is 0 Å². The number of furan rings is 1. The van der Waals surface area contributed by atoms with Crippen molar-refractivity contribution >= 4 is 0 Å². The average molecular weight is 275 g/mol. The third kappa shape index (κ3) is 3.75. The maximum absolute atomic E-state index is 12.8. The molecule has 1 N–H and O–H groups in total. The molecule has 0 aliphatic heterocycles. The Balaban J connectivity index is 1.94. The third-order valence-corrected chi connectivity index (χ3v) is 3.87. The molecule has 5 heteroatoms. The van der Waals surface area contributed by atoms with Crippen molar-refractivity contribution in [2.24, 2.45) is 5.92 Å². The molecule has 0 amide bonds. The Bertz CT molecular complexity index is 375. The highest BCUT2D eigenvalue weighted by Crippen LogP contribution is 2.38. The minimum atomic E-state index is -4.06. The normalized spacial score (nSPS) is 26.3. The number of hydrogen-bond donors (Lipinski definition) is 1. The second-order valence-corrected chi connectivity index (χ2v) is 5.24. The van der Waals surface area contributed by atoms with E-state index in [4.69, 9.17) is 4.42 Å². The summed E-state index contributed by atoms with van der Waals surface area (Å²) in [6, 6.07) is 3.60. The lowest BCUT2D eigenvalue weighted by Gasteiger charge is -2.33. The number of rotatable bonds is 4. The van der Waals surface area contributed by atoms with Gasteiger partial charge in [0.25, 0.3) is 0 Å². The van der Waals surface area contributed by atoms with Crippen LogP contribution in [0.3, 0.4) is 0 Å². The monoisotopic (exact) mass is 275 g/mol. The first kappa shape index (κ1) is 14.4. The van der Waals surface area contributed by atoms with Crippen LogP contribution in [0.4, 0.5) is 13.2 Å². The molecule has 1 aromatic heterocycles. The topological polar surface area (TPSA) is 25.2 Å². The van der Waals surface area contributed by atoms with E-state index < -0.39 is 12.1 Å². The summed E-state index contributed by atoms with van der Waals surface area (Å²) in [7, 11) is 0. The Morgan fingerprint density at radius 3 is 2.79 bits per heavy atom. The summed E-state index contributed by atoms with van der Waals surface area (Å²) in [5.74, 6) is -0.357. The highest BCUT2D eigenvalue weighted by molar-refractivity contribution is 5.04. The van der Waals surface area contributed by atoms with Crippen molar-refractivity contribution in [1.82, 2.24) is 5.32 Å². The molecule has 2 nitrogen and oxygen atoms in total. The van der Waals surface area contributed by atoms with Crippen molar-refractivity contribution < 1.29 is 17.6 Å². The molecule has 0 radical (unpaired) electrons. The zero-order chi connectivity index (χ0) is 13.9. The molecule has 2 rings (SSSR count). The molecule has 108 valence electrons. The molecule has 0 aromatic carbocycles. The minimum absolute atomic E-state index is 0.00647. The Labute approximate surface area is 111 Å². The molecule has 1 aliphatic rings. The van der Waals surface area contributed by atoms with E-state index in [1.165, 1.54) is 0 Å². The molecule has 1 aliphatic carbocycles. The van der Waals surface area contributed by atoms with Gasteiger partial charge in [0.15, 0.2) is 0 Å². The molecule has 1 saturated carbocycles. The Hall–Kier alpha value is -0.970. The van der Waals surface area contributed by atoms with Crippen LogP contribution in [-0.4, -0.2) is 12.2 Å². The van der Waals surface area contributed by atoms with Gasteiger partial charge in [-0.1, -0.05) is 13.3 Å². The van der Waals surface area contributed by atoms with Crippen LogP contribution in [0, 0.1) is 5.92 Å². The first-order valence-electron chi connectivity index (χ1n) is 6.87. The van der Waals surface area contributed by atoms with E-state index in [0.29, 0.717) is 6.42 Å². The van der Waals surface area contributed by atoms with E-state index in [1.807, 2.05) is 13.0 Å². The van der Waals surface area contributed by atoms with Crippen LogP contribution in [-0.2, 0) is 0 Å². The lowest BCUT2D eigenvalue weighted by Crippen LogP contribution is -2.40. The predicted octanol–water partition coefficient (Wildman–Crippen LogP) is 4.44. The van der Waals surface area contributed by atoms with Crippen LogP contribution in [0.1, 0.15) is 50.8 Å². The van der Waals surface area contributed by atoms with Gasteiger partial charge in [-0.05, 0) is 37.8 Å². The summed E-state index contributed by atoms with van der Waals surface area (Å²) >= 11 is 0. The molecule has 1 heterocycles. The van der Waals surface area contributed by atoms with E-state index in [0.717, 1.165) is 18.6 Å². The van der Waals surface area contributed by atoms with Crippen molar-refractivity contribution in [3.05, 3.63) is 24.2 Å². The first-order chi connectivity index (χ1) is 9.00. The SMILES string of the molecule is CCC(NC1CCCC(C(F)(F)F)C1)c1ccco1. The van der Waals surface area contributed by atoms with E-state index in [2.05, 4.69) is 5.32 Å². The van der Waals surface area contributed by atoms with Crippen molar-refractivity contribution in [1.29, 1.82) is 0 Å².